The molecule has 0 N–H and O–H groups in total. The van der Waals surface area contributed by atoms with Crippen LogP contribution in [0.4, 0.5) is 4.39 Å². The van der Waals surface area contributed by atoms with Gasteiger partial charge in [0.25, 0.3) is 0 Å². The van der Waals surface area contributed by atoms with E-state index in [0.29, 0.717) is 5.92 Å². The van der Waals surface area contributed by atoms with Gasteiger partial charge in [-0.2, -0.15) is 0 Å². The number of halogens is 1. The highest BCUT2D eigenvalue weighted by Crippen LogP contribution is 2.22. The van der Waals surface area contributed by atoms with Crippen molar-refractivity contribution in [1.82, 2.24) is 0 Å². The van der Waals surface area contributed by atoms with Crippen LogP contribution < -0.4 is 4.74 Å². The third-order valence-electron chi connectivity index (χ3n) is 2.48. The molecule has 0 heterocycles. The molecule has 0 amide bonds. The molecule has 1 aromatic rings. The highest BCUT2D eigenvalue weighted by Gasteiger charge is 2.07. The van der Waals surface area contributed by atoms with Gasteiger partial charge in [0.2, 0.25) is 0 Å². The number of hydrogen-bond acceptors (Lipinski definition) is 1. The van der Waals surface area contributed by atoms with Crippen molar-refractivity contribution >= 4 is 0 Å². The Balaban J connectivity index is 2.78. The van der Waals surface area contributed by atoms with Crippen LogP contribution in [0, 0.1) is 11.7 Å². The standard InChI is InChI=1S/C14H19FO/c1-4-5-6-11(2)9-12-10-13(15)7-8-14(12)16-3/h5-8,10-11H,4,9H2,1-3H3/b6-5-. The maximum Gasteiger partial charge on any atom is 0.123 e. The van der Waals surface area contributed by atoms with Gasteiger partial charge < -0.3 is 4.74 Å². The molecule has 88 valence electrons. The van der Waals surface area contributed by atoms with Gasteiger partial charge in [-0.1, -0.05) is 26.0 Å². The Morgan fingerprint density at radius 2 is 2.19 bits per heavy atom. The Labute approximate surface area is 96.9 Å². The van der Waals surface area contributed by atoms with Gasteiger partial charge in [0, 0.05) is 0 Å². The van der Waals surface area contributed by atoms with Crippen LogP contribution >= 0.6 is 0 Å². The molecule has 0 aliphatic carbocycles. The van der Waals surface area contributed by atoms with E-state index >= 15 is 0 Å². The van der Waals surface area contributed by atoms with Crippen LogP contribution in [0.15, 0.2) is 30.4 Å². The highest BCUT2D eigenvalue weighted by atomic mass is 19.1. The molecule has 0 saturated heterocycles. The normalized spacial score (nSPS) is 13.0. The first-order valence-corrected chi connectivity index (χ1v) is 5.66. The van der Waals surface area contributed by atoms with Crippen LogP contribution in [0.3, 0.4) is 0 Å². The number of benzene rings is 1. The van der Waals surface area contributed by atoms with Crippen molar-refractivity contribution in [2.24, 2.45) is 5.92 Å². The first-order valence-electron chi connectivity index (χ1n) is 5.66. The first-order chi connectivity index (χ1) is 7.67. The molecule has 0 aliphatic heterocycles. The lowest BCUT2D eigenvalue weighted by molar-refractivity contribution is 0.406. The van der Waals surface area contributed by atoms with Crippen molar-refractivity contribution in [2.75, 3.05) is 7.11 Å². The quantitative estimate of drug-likeness (QED) is 0.685. The first kappa shape index (κ1) is 12.8. The fraction of sp³-hybridized carbons (Fsp3) is 0.429. The van der Waals surface area contributed by atoms with Crippen molar-refractivity contribution in [3.8, 4) is 5.75 Å². The van der Waals surface area contributed by atoms with Crippen LogP contribution in [-0.4, -0.2) is 7.11 Å². The van der Waals surface area contributed by atoms with Crippen LogP contribution in [0.25, 0.3) is 0 Å². The molecule has 1 aromatic carbocycles. The molecular formula is C14H19FO. The fourth-order valence-corrected chi connectivity index (χ4v) is 1.69. The molecule has 0 bridgehead atoms. The second-order valence-electron chi connectivity index (χ2n) is 3.97. The zero-order valence-corrected chi connectivity index (χ0v) is 10.2. The molecule has 1 nitrogen and oxygen atoms in total. The van der Waals surface area contributed by atoms with Gasteiger partial charge in [-0.25, -0.2) is 4.39 Å². The summed E-state index contributed by atoms with van der Waals surface area (Å²) in [5, 5.41) is 0. The van der Waals surface area contributed by atoms with Gasteiger partial charge in [0.1, 0.15) is 11.6 Å². The van der Waals surface area contributed by atoms with Gasteiger partial charge in [-0.05, 0) is 42.5 Å². The van der Waals surface area contributed by atoms with Crippen LogP contribution in [0.2, 0.25) is 0 Å². The maximum absolute atomic E-state index is 13.1. The Bertz CT molecular complexity index is 358. The zero-order valence-electron chi connectivity index (χ0n) is 10.2. The van der Waals surface area contributed by atoms with E-state index in [2.05, 4.69) is 26.0 Å². The smallest absolute Gasteiger partial charge is 0.123 e. The summed E-state index contributed by atoms with van der Waals surface area (Å²) in [6, 6.07) is 4.66. The largest absolute Gasteiger partial charge is 0.496 e. The molecule has 16 heavy (non-hydrogen) atoms. The van der Waals surface area contributed by atoms with E-state index in [1.165, 1.54) is 6.07 Å². The van der Waals surface area contributed by atoms with Crippen LogP contribution in [0.5, 0.6) is 5.75 Å². The molecule has 1 rings (SSSR count). The van der Waals surface area contributed by atoms with Crippen molar-refractivity contribution in [3.63, 3.8) is 0 Å². The summed E-state index contributed by atoms with van der Waals surface area (Å²) in [6.45, 7) is 4.22. The zero-order chi connectivity index (χ0) is 12.0. The lowest BCUT2D eigenvalue weighted by atomic mass is 9.99. The van der Waals surface area contributed by atoms with Crippen molar-refractivity contribution in [1.29, 1.82) is 0 Å². The van der Waals surface area contributed by atoms with Gasteiger partial charge in [0.15, 0.2) is 0 Å². The Kier molecular flexibility index (Phi) is 5.03. The van der Waals surface area contributed by atoms with Gasteiger partial charge in [-0.3, -0.25) is 0 Å². The van der Waals surface area contributed by atoms with Crippen molar-refractivity contribution in [3.05, 3.63) is 41.7 Å². The average Bonchev–Trinajstić information content (AvgIpc) is 2.27. The minimum Gasteiger partial charge on any atom is -0.496 e. The summed E-state index contributed by atoms with van der Waals surface area (Å²) in [5.41, 5.74) is 0.927. The molecule has 0 radical (unpaired) electrons. The number of hydrogen-bond donors (Lipinski definition) is 0. The monoisotopic (exact) mass is 222 g/mol. The third kappa shape index (κ3) is 3.69. The second-order valence-corrected chi connectivity index (χ2v) is 3.97. The minimum absolute atomic E-state index is 0.206. The molecule has 0 aliphatic rings. The van der Waals surface area contributed by atoms with E-state index in [1.54, 1.807) is 19.2 Å². The summed E-state index contributed by atoms with van der Waals surface area (Å²) in [6.07, 6.45) is 6.13. The number of allylic oxidation sites excluding steroid dienone is 2. The van der Waals surface area contributed by atoms with E-state index in [-0.39, 0.29) is 5.82 Å². The lowest BCUT2D eigenvalue weighted by Crippen LogP contribution is -1.99. The highest BCUT2D eigenvalue weighted by molar-refractivity contribution is 5.34. The molecule has 0 saturated carbocycles. The average molecular weight is 222 g/mol. The maximum atomic E-state index is 13.1. The predicted octanol–water partition coefficient (Wildman–Crippen LogP) is 3.98. The number of methoxy groups -OCH3 is 1. The van der Waals surface area contributed by atoms with E-state index in [4.69, 9.17) is 4.74 Å². The molecule has 1 unspecified atom stereocenters. The predicted molar refractivity (Wildman–Crippen MR) is 65.3 cm³/mol. The summed E-state index contributed by atoms with van der Waals surface area (Å²) < 4.78 is 18.3. The lowest BCUT2D eigenvalue weighted by Gasteiger charge is -2.11. The van der Waals surface area contributed by atoms with Crippen LogP contribution in [-0.2, 0) is 6.42 Å². The Hall–Kier alpha value is -1.31. The van der Waals surface area contributed by atoms with E-state index in [1.807, 2.05) is 0 Å². The van der Waals surface area contributed by atoms with Crippen LogP contribution in [0.1, 0.15) is 25.8 Å². The number of rotatable bonds is 5. The van der Waals surface area contributed by atoms with Crippen molar-refractivity contribution in [2.45, 2.75) is 26.7 Å². The third-order valence-corrected chi connectivity index (χ3v) is 2.48. The Morgan fingerprint density at radius 1 is 1.44 bits per heavy atom. The van der Waals surface area contributed by atoms with E-state index in [9.17, 15) is 4.39 Å². The topological polar surface area (TPSA) is 9.23 Å². The molecule has 2 heteroatoms. The van der Waals surface area contributed by atoms with Crippen molar-refractivity contribution < 1.29 is 9.13 Å². The summed E-state index contributed by atoms with van der Waals surface area (Å²) in [4.78, 5) is 0. The molecule has 0 fully saturated rings. The second kappa shape index (κ2) is 6.31. The molecule has 1 atom stereocenters. The number of ether oxygens (including phenoxy) is 1. The van der Waals surface area contributed by atoms with Gasteiger partial charge in [-0.15, -0.1) is 0 Å². The summed E-state index contributed by atoms with van der Waals surface area (Å²) in [5.74, 6) is 0.955. The molecule has 0 spiro atoms. The summed E-state index contributed by atoms with van der Waals surface area (Å²) in [7, 11) is 1.61. The molecule has 0 aromatic heterocycles. The van der Waals surface area contributed by atoms with E-state index in [0.717, 1.165) is 24.2 Å². The molecular weight excluding hydrogens is 203 g/mol. The summed E-state index contributed by atoms with van der Waals surface area (Å²) >= 11 is 0. The van der Waals surface area contributed by atoms with Gasteiger partial charge >= 0.3 is 0 Å². The SMILES string of the molecule is CC/C=C\C(C)Cc1cc(F)ccc1OC. The fourth-order valence-electron chi connectivity index (χ4n) is 1.69. The Morgan fingerprint density at radius 3 is 2.81 bits per heavy atom. The minimum atomic E-state index is -0.206. The van der Waals surface area contributed by atoms with Gasteiger partial charge in [0.05, 0.1) is 7.11 Å². The van der Waals surface area contributed by atoms with E-state index < -0.39 is 0 Å².